The Morgan fingerprint density at radius 2 is 2.03 bits per heavy atom. The first-order chi connectivity index (χ1) is 16.9. The van der Waals surface area contributed by atoms with Gasteiger partial charge in [-0.3, -0.25) is 10.0 Å². The van der Waals surface area contributed by atoms with Crippen molar-refractivity contribution in [2.24, 2.45) is 0 Å². The van der Waals surface area contributed by atoms with Crippen molar-refractivity contribution in [1.29, 1.82) is 0 Å². The second-order valence-corrected chi connectivity index (χ2v) is 10.1. The minimum atomic E-state index is -0.136. The lowest BCUT2D eigenvalue weighted by atomic mass is 10.00. The largest absolute Gasteiger partial charge is 0.362 e. The Morgan fingerprint density at radius 3 is 2.71 bits per heavy atom. The van der Waals surface area contributed by atoms with Crippen LogP contribution in [0.1, 0.15) is 53.4 Å². The number of amides is 1. The molecule has 186 valence electrons. The number of pyridine rings is 1. The first-order valence-electron chi connectivity index (χ1n) is 12.2. The van der Waals surface area contributed by atoms with Crippen LogP contribution >= 0.6 is 11.3 Å². The average molecular weight is 496 g/mol. The number of rotatable bonds is 9. The van der Waals surface area contributed by atoms with E-state index in [1.54, 1.807) is 36.9 Å². The normalized spacial score (nSPS) is 15.6. The van der Waals surface area contributed by atoms with Crippen molar-refractivity contribution in [3.05, 3.63) is 70.2 Å². The number of carbonyl (C=O) groups is 1. The Morgan fingerprint density at radius 1 is 1.29 bits per heavy atom. The SMILES string of the molecule is Cc1cc[n+](O)c(C)c1C(=O)NCCC(C)N1CCC(N(Cc2ccsc2)c2cncnc2)CC1. The van der Waals surface area contributed by atoms with Gasteiger partial charge >= 0.3 is 0 Å². The molecule has 0 spiro atoms. The summed E-state index contributed by atoms with van der Waals surface area (Å²) in [5, 5.41) is 17.3. The van der Waals surface area contributed by atoms with Gasteiger partial charge in [0, 0.05) is 56.0 Å². The summed E-state index contributed by atoms with van der Waals surface area (Å²) in [4.78, 5) is 26.2. The van der Waals surface area contributed by atoms with E-state index in [0.717, 1.165) is 54.9 Å². The average Bonchev–Trinajstić information content (AvgIpc) is 3.39. The zero-order valence-electron chi connectivity index (χ0n) is 20.7. The molecule has 35 heavy (non-hydrogen) atoms. The first-order valence-corrected chi connectivity index (χ1v) is 13.1. The highest BCUT2D eigenvalue weighted by Crippen LogP contribution is 2.26. The summed E-state index contributed by atoms with van der Waals surface area (Å²) < 4.78 is 0.998. The number of aromatic nitrogens is 3. The third-order valence-corrected chi connectivity index (χ3v) is 7.75. The highest BCUT2D eigenvalue weighted by atomic mass is 32.1. The van der Waals surface area contributed by atoms with Gasteiger partial charge in [-0.2, -0.15) is 11.3 Å². The minimum absolute atomic E-state index is 0.136. The number of aryl methyl sites for hydroxylation is 1. The number of thiophene rings is 1. The molecule has 0 aliphatic carbocycles. The van der Waals surface area contributed by atoms with Gasteiger partial charge in [0.2, 0.25) is 11.9 Å². The van der Waals surface area contributed by atoms with Crippen LogP contribution in [0.4, 0.5) is 5.69 Å². The predicted molar refractivity (Wildman–Crippen MR) is 137 cm³/mol. The van der Waals surface area contributed by atoms with E-state index in [2.05, 4.69) is 48.8 Å². The van der Waals surface area contributed by atoms with Gasteiger partial charge in [-0.15, -0.1) is 0 Å². The fourth-order valence-corrected chi connectivity index (χ4v) is 5.53. The Labute approximate surface area is 211 Å². The molecule has 2 N–H and O–H groups in total. The molecular formula is C26H35N6O2S+. The second kappa shape index (κ2) is 11.6. The Kier molecular flexibility index (Phi) is 8.30. The molecule has 0 bridgehead atoms. The van der Waals surface area contributed by atoms with E-state index in [1.165, 1.54) is 5.56 Å². The van der Waals surface area contributed by atoms with E-state index in [1.807, 2.05) is 19.3 Å². The van der Waals surface area contributed by atoms with Crippen LogP contribution < -0.4 is 14.9 Å². The van der Waals surface area contributed by atoms with Crippen molar-refractivity contribution in [2.75, 3.05) is 24.5 Å². The molecule has 1 saturated heterocycles. The molecule has 4 rings (SSSR count). The first kappa shape index (κ1) is 25.1. The Hall–Kier alpha value is -3.04. The van der Waals surface area contributed by atoms with E-state index >= 15 is 0 Å². The molecule has 9 heteroatoms. The van der Waals surface area contributed by atoms with Gasteiger partial charge in [0.05, 0.1) is 18.1 Å². The third-order valence-electron chi connectivity index (χ3n) is 7.02. The number of likely N-dealkylation sites (tertiary alicyclic amines) is 1. The van der Waals surface area contributed by atoms with Gasteiger partial charge in [-0.05, 0) is 61.1 Å². The summed E-state index contributed by atoms with van der Waals surface area (Å²) in [6.07, 6.45) is 9.99. The summed E-state index contributed by atoms with van der Waals surface area (Å²) in [7, 11) is 0. The molecule has 1 fully saturated rings. The van der Waals surface area contributed by atoms with E-state index in [-0.39, 0.29) is 5.91 Å². The Balaban J connectivity index is 1.29. The maximum atomic E-state index is 12.7. The summed E-state index contributed by atoms with van der Waals surface area (Å²) in [5.74, 6) is -0.136. The van der Waals surface area contributed by atoms with Crippen LogP contribution in [0.3, 0.4) is 0 Å². The van der Waals surface area contributed by atoms with E-state index in [9.17, 15) is 10.0 Å². The second-order valence-electron chi connectivity index (χ2n) is 9.32. The molecule has 0 saturated carbocycles. The fraction of sp³-hybridized carbons (Fsp3) is 0.462. The molecule has 1 unspecified atom stereocenters. The van der Waals surface area contributed by atoms with E-state index in [4.69, 9.17) is 0 Å². The smallest absolute Gasteiger partial charge is 0.258 e. The van der Waals surface area contributed by atoms with Crippen molar-refractivity contribution >= 4 is 22.9 Å². The van der Waals surface area contributed by atoms with Crippen molar-refractivity contribution in [3.8, 4) is 0 Å². The number of hydrogen-bond acceptors (Lipinski definition) is 7. The van der Waals surface area contributed by atoms with Crippen molar-refractivity contribution in [3.63, 3.8) is 0 Å². The summed E-state index contributed by atoms with van der Waals surface area (Å²) in [6, 6.07) is 4.75. The topological polar surface area (TPSA) is 85.5 Å². The molecule has 1 aliphatic heterocycles. The number of nitrogens with zero attached hydrogens (tertiary/aromatic N) is 5. The monoisotopic (exact) mass is 495 g/mol. The molecule has 1 atom stereocenters. The summed E-state index contributed by atoms with van der Waals surface area (Å²) >= 11 is 1.73. The molecule has 3 aromatic rings. The maximum Gasteiger partial charge on any atom is 0.258 e. The van der Waals surface area contributed by atoms with Crippen LogP contribution in [0.15, 0.2) is 47.8 Å². The number of nitrogens with one attached hydrogen (secondary N) is 1. The third kappa shape index (κ3) is 6.15. The molecule has 0 aromatic carbocycles. The lowest BCUT2D eigenvalue weighted by Gasteiger charge is -2.41. The van der Waals surface area contributed by atoms with Crippen LogP contribution in [0.2, 0.25) is 0 Å². The van der Waals surface area contributed by atoms with Gasteiger partial charge in [0.25, 0.3) is 5.91 Å². The van der Waals surface area contributed by atoms with Gasteiger partial charge in [0.15, 0.2) is 0 Å². The zero-order valence-corrected chi connectivity index (χ0v) is 21.5. The van der Waals surface area contributed by atoms with Crippen molar-refractivity contribution in [1.82, 2.24) is 20.2 Å². The predicted octanol–water partition coefficient (Wildman–Crippen LogP) is 3.36. The van der Waals surface area contributed by atoms with Gasteiger partial charge in [-0.25, -0.2) is 9.97 Å². The Bertz CT molecular complexity index is 1100. The van der Waals surface area contributed by atoms with Crippen molar-refractivity contribution < 1.29 is 14.7 Å². The zero-order chi connectivity index (χ0) is 24.8. The summed E-state index contributed by atoms with van der Waals surface area (Å²) in [6.45, 7) is 9.39. The van der Waals surface area contributed by atoms with Gasteiger partial charge in [-0.1, -0.05) is 0 Å². The van der Waals surface area contributed by atoms with Crippen LogP contribution in [-0.2, 0) is 6.54 Å². The number of piperidine rings is 1. The fourth-order valence-electron chi connectivity index (χ4n) is 4.87. The summed E-state index contributed by atoms with van der Waals surface area (Å²) in [5.41, 5.74) is 4.34. The van der Waals surface area contributed by atoms with Crippen molar-refractivity contribution in [2.45, 2.75) is 58.7 Å². The highest BCUT2D eigenvalue weighted by Gasteiger charge is 2.28. The molecule has 1 amide bonds. The van der Waals surface area contributed by atoms with E-state index in [0.29, 0.717) is 29.9 Å². The van der Waals surface area contributed by atoms with Crippen LogP contribution in [0.25, 0.3) is 0 Å². The lowest BCUT2D eigenvalue weighted by molar-refractivity contribution is -0.908. The highest BCUT2D eigenvalue weighted by molar-refractivity contribution is 7.07. The lowest BCUT2D eigenvalue weighted by Crippen LogP contribution is -2.48. The number of hydrogen-bond donors (Lipinski definition) is 2. The molecule has 4 heterocycles. The molecule has 1 aliphatic rings. The standard InChI is InChI=1S/C26H34N6O2S/c1-19-5-12-32(34)21(3)25(19)26(33)29-9-4-20(2)30-10-6-23(7-11-30)31(16-22-8-13-35-17-22)24-14-27-18-28-15-24/h5,8,12-15,17-18,20,23H,4,6-7,9-11,16H2,1-3H3,(H-,29,33,34)/p+1. The van der Waals surface area contributed by atoms with Crippen LogP contribution in [0.5, 0.6) is 0 Å². The number of anilines is 1. The maximum absolute atomic E-state index is 12.7. The molecule has 0 radical (unpaired) electrons. The quantitative estimate of drug-likeness (QED) is 0.350. The molecular weight excluding hydrogens is 460 g/mol. The molecule has 3 aromatic heterocycles. The van der Waals surface area contributed by atoms with Gasteiger partial charge < -0.3 is 15.1 Å². The number of carbonyl (C=O) groups excluding carboxylic acids is 1. The van der Waals surface area contributed by atoms with E-state index < -0.39 is 0 Å². The molecule has 8 nitrogen and oxygen atoms in total. The van der Waals surface area contributed by atoms with Crippen LogP contribution in [0, 0.1) is 13.8 Å². The van der Waals surface area contributed by atoms with Gasteiger partial charge in [0.1, 0.15) is 11.9 Å². The van der Waals surface area contributed by atoms with Crippen LogP contribution in [-0.4, -0.2) is 57.7 Å². The minimum Gasteiger partial charge on any atom is -0.362 e.